The summed E-state index contributed by atoms with van der Waals surface area (Å²) in [5.41, 5.74) is 2.75. The smallest absolute Gasteiger partial charge is 0.127 e. The van der Waals surface area contributed by atoms with Crippen molar-refractivity contribution in [3.8, 4) is 0 Å². The van der Waals surface area contributed by atoms with Crippen LogP contribution in [0.25, 0.3) is 0 Å². The van der Waals surface area contributed by atoms with Gasteiger partial charge in [0, 0.05) is 25.5 Å². The largest absolute Gasteiger partial charge is 0.352 e. The van der Waals surface area contributed by atoms with E-state index < -0.39 is 0 Å². The predicted octanol–water partition coefficient (Wildman–Crippen LogP) is 9.07. The summed E-state index contributed by atoms with van der Waals surface area (Å²) in [6, 6.07) is 21.8. The molecule has 1 atom stereocenters. The van der Waals surface area contributed by atoms with E-state index in [0.29, 0.717) is 6.17 Å². The third-order valence-corrected chi connectivity index (χ3v) is 6.90. The maximum atomic E-state index is 2.54. The molecule has 1 unspecified atom stereocenters. The van der Waals surface area contributed by atoms with Gasteiger partial charge < -0.3 is 9.80 Å². The van der Waals surface area contributed by atoms with Crippen LogP contribution in [-0.2, 0) is 6.54 Å². The second kappa shape index (κ2) is 15.6. The monoisotopic (exact) mass is 446 g/mol. The molecule has 0 amide bonds. The Labute approximate surface area is 203 Å². The molecule has 0 radical (unpaired) electrons. The Balaban J connectivity index is 1.33. The summed E-state index contributed by atoms with van der Waals surface area (Å²) < 4.78 is 0. The molecule has 3 rings (SSSR count). The van der Waals surface area contributed by atoms with Crippen molar-refractivity contribution in [3.05, 3.63) is 84.2 Å². The number of hydrogen-bond donors (Lipinski definition) is 0. The molecule has 0 aliphatic carbocycles. The Bertz CT molecular complexity index is 755. The average molecular weight is 447 g/mol. The van der Waals surface area contributed by atoms with Crippen molar-refractivity contribution in [1.82, 2.24) is 9.80 Å². The lowest BCUT2D eigenvalue weighted by Gasteiger charge is -2.33. The zero-order chi connectivity index (χ0) is 23.0. The highest BCUT2D eigenvalue weighted by molar-refractivity contribution is 5.23. The second-order valence-electron chi connectivity index (χ2n) is 9.72. The Morgan fingerprint density at radius 1 is 0.545 bits per heavy atom. The zero-order valence-electron chi connectivity index (χ0n) is 21.0. The van der Waals surface area contributed by atoms with Crippen LogP contribution >= 0.6 is 0 Å². The number of benzene rings is 2. The minimum Gasteiger partial charge on any atom is -0.352 e. The molecule has 33 heavy (non-hydrogen) atoms. The van der Waals surface area contributed by atoms with Gasteiger partial charge in [-0.2, -0.15) is 0 Å². The van der Waals surface area contributed by atoms with E-state index in [1.807, 2.05) is 0 Å². The third kappa shape index (κ3) is 9.27. The van der Waals surface area contributed by atoms with Gasteiger partial charge in [-0.1, -0.05) is 145 Å². The van der Waals surface area contributed by atoms with E-state index in [0.717, 1.165) is 13.1 Å². The van der Waals surface area contributed by atoms with Gasteiger partial charge in [0.25, 0.3) is 0 Å². The molecule has 1 aliphatic rings. The summed E-state index contributed by atoms with van der Waals surface area (Å²) in [6.07, 6.45) is 23.2. The van der Waals surface area contributed by atoms with Crippen LogP contribution < -0.4 is 0 Å². The van der Waals surface area contributed by atoms with Gasteiger partial charge in [0.05, 0.1) is 0 Å². The molecular weight excluding hydrogens is 400 g/mol. The minimum atomic E-state index is 0.309. The number of hydrogen-bond acceptors (Lipinski definition) is 2. The van der Waals surface area contributed by atoms with Crippen LogP contribution in [0.3, 0.4) is 0 Å². The molecular formula is C31H46N2. The molecule has 0 spiro atoms. The molecule has 0 N–H and O–H groups in total. The highest BCUT2D eigenvalue weighted by Crippen LogP contribution is 2.32. The predicted molar refractivity (Wildman–Crippen MR) is 143 cm³/mol. The van der Waals surface area contributed by atoms with E-state index >= 15 is 0 Å². The summed E-state index contributed by atoms with van der Waals surface area (Å²) in [5, 5.41) is 0. The summed E-state index contributed by atoms with van der Waals surface area (Å²) in [6.45, 7) is 4.38. The van der Waals surface area contributed by atoms with Gasteiger partial charge in [-0.3, -0.25) is 0 Å². The SMILES string of the molecule is CCCCCCCCCCCCCCCN1C=CN(Cc2ccccc2)C1c1ccccc1. The number of unbranched alkanes of at least 4 members (excludes halogenated alkanes) is 12. The molecule has 2 aromatic carbocycles. The first kappa shape index (κ1) is 25.4. The molecule has 0 saturated carbocycles. The van der Waals surface area contributed by atoms with E-state index in [-0.39, 0.29) is 0 Å². The molecule has 0 aromatic heterocycles. The molecule has 180 valence electrons. The van der Waals surface area contributed by atoms with Crippen LogP contribution in [-0.4, -0.2) is 16.3 Å². The molecule has 0 saturated heterocycles. The second-order valence-corrected chi connectivity index (χ2v) is 9.72. The topological polar surface area (TPSA) is 6.48 Å². The fourth-order valence-electron chi connectivity index (χ4n) is 4.98. The van der Waals surface area contributed by atoms with Crippen molar-refractivity contribution in [1.29, 1.82) is 0 Å². The molecule has 2 heteroatoms. The van der Waals surface area contributed by atoms with Crippen LogP contribution in [0.2, 0.25) is 0 Å². The van der Waals surface area contributed by atoms with Gasteiger partial charge in [0.1, 0.15) is 6.17 Å². The summed E-state index contributed by atoms with van der Waals surface area (Å²) in [5.74, 6) is 0. The maximum Gasteiger partial charge on any atom is 0.127 e. The van der Waals surface area contributed by atoms with Gasteiger partial charge in [-0.15, -0.1) is 0 Å². The van der Waals surface area contributed by atoms with Crippen molar-refractivity contribution in [2.75, 3.05) is 6.54 Å². The van der Waals surface area contributed by atoms with Gasteiger partial charge in [0.2, 0.25) is 0 Å². The zero-order valence-corrected chi connectivity index (χ0v) is 21.0. The maximum absolute atomic E-state index is 2.54. The lowest BCUT2D eigenvalue weighted by atomic mass is 10.0. The third-order valence-electron chi connectivity index (χ3n) is 6.90. The standard InChI is InChI=1S/C31H46N2/c1-2-3-4-5-6-7-8-9-10-11-12-13-20-25-32-26-27-33(28-29-21-16-14-17-22-29)31(32)30-23-18-15-19-24-30/h14-19,21-24,26-27,31H,2-13,20,25,28H2,1H3. The van der Waals surface area contributed by atoms with Crippen molar-refractivity contribution in [2.45, 2.75) is 103 Å². The fourth-order valence-corrected chi connectivity index (χ4v) is 4.98. The van der Waals surface area contributed by atoms with Crippen molar-refractivity contribution in [3.63, 3.8) is 0 Å². The van der Waals surface area contributed by atoms with Gasteiger partial charge in [0.15, 0.2) is 0 Å². The van der Waals surface area contributed by atoms with E-state index in [1.165, 1.54) is 94.6 Å². The van der Waals surface area contributed by atoms with E-state index in [2.05, 4.69) is 89.8 Å². The highest BCUT2D eigenvalue weighted by Gasteiger charge is 2.27. The van der Waals surface area contributed by atoms with Crippen LogP contribution in [0.1, 0.15) is 108 Å². The molecule has 2 aromatic rings. The highest BCUT2D eigenvalue weighted by atomic mass is 15.4. The van der Waals surface area contributed by atoms with Gasteiger partial charge in [-0.25, -0.2) is 0 Å². The van der Waals surface area contributed by atoms with Crippen LogP contribution in [0.4, 0.5) is 0 Å². The van der Waals surface area contributed by atoms with Gasteiger partial charge in [-0.05, 0) is 17.5 Å². The molecule has 1 aliphatic heterocycles. The Morgan fingerprint density at radius 2 is 1.03 bits per heavy atom. The summed E-state index contributed by atoms with van der Waals surface area (Å²) in [4.78, 5) is 5.02. The molecule has 1 heterocycles. The Morgan fingerprint density at radius 3 is 1.61 bits per heavy atom. The number of rotatable bonds is 17. The number of nitrogens with zero attached hydrogens (tertiary/aromatic N) is 2. The van der Waals surface area contributed by atoms with Crippen LogP contribution in [0, 0.1) is 0 Å². The Kier molecular flexibility index (Phi) is 12.0. The quantitative estimate of drug-likeness (QED) is 0.224. The van der Waals surface area contributed by atoms with E-state index in [9.17, 15) is 0 Å². The minimum absolute atomic E-state index is 0.309. The first-order chi connectivity index (χ1) is 16.4. The Hall–Kier alpha value is -2.22. The first-order valence-corrected chi connectivity index (χ1v) is 13.7. The summed E-state index contributed by atoms with van der Waals surface area (Å²) in [7, 11) is 0. The van der Waals surface area contributed by atoms with E-state index in [4.69, 9.17) is 0 Å². The fraction of sp³-hybridized carbons (Fsp3) is 0.548. The van der Waals surface area contributed by atoms with E-state index in [1.54, 1.807) is 0 Å². The van der Waals surface area contributed by atoms with Crippen molar-refractivity contribution in [2.24, 2.45) is 0 Å². The van der Waals surface area contributed by atoms with Crippen LogP contribution in [0.15, 0.2) is 73.1 Å². The average Bonchev–Trinajstić information content (AvgIpc) is 3.25. The van der Waals surface area contributed by atoms with Crippen molar-refractivity contribution >= 4 is 0 Å². The lowest BCUT2D eigenvalue weighted by Crippen LogP contribution is -2.31. The molecule has 0 bridgehead atoms. The molecule has 2 nitrogen and oxygen atoms in total. The first-order valence-electron chi connectivity index (χ1n) is 13.7. The van der Waals surface area contributed by atoms with Gasteiger partial charge >= 0.3 is 0 Å². The van der Waals surface area contributed by atoms with Crippen molar-refractivity contribution < 1.29 is 0 Å². The normalized spacial score (nSPS) is 15.5. The van der Waals surface area contributed by atoms with Crippen LogP contribution in [0.5, 0.6) is 0 Å². The summed E-state index contributed by atoms with van der Waals surface area (Å²) >= 11 is 0. The molecule has 0 fully saturated rings. The lowest BCUT2D eigenvalue weighted by molar-refractivity contribution is 0.146.